The number of hydrogen-bond donors (Lipinski definition) is 0. The predicted molar refractivity (Wildman–Crippen MR) is 44.2 cm³/mol. The van der Waals surface area contributed by atoms with Gasteiger partial charge in [-0.1, -0.05) is 0 Å². The molecule has 0 aromatic carbocycles. The first-order chi connectivity index (χ1) is 4.83. The van der Waals surface area contributed by atoms with Crippen molar-refractivity contribution in [1.82, 2.24) is 0 Å². The van der Waals surface area contributed by atoms with Crippen LogP contribution in [0.1, 0.15) is 9.75 Å². The Hall–Kier alpha value is -0.890. The molecule has 0 aliphatic rings. The van der Waals surface area contributed by atoms with E-state index in [0.717, 1.165) is 11.2 Å². The maximum atomic E-state index is 9.90. The zero-order valence-electron chi connectivity index (χ0n) is 5.70. The number of aryl methyl sites for hydroxylation is 1. The quantitative estimate of drug-likeness (QED) is 0.469. The van der Waals surface area contributed by atoms with Crippen LogP contribution in [0, 0.1) is 6.92 Å². The highest BCUT2D eigenvalue weighted by atomic mass is 32.1. The molecule has 52 valence electrons. The van der Waals surface area contributed by atoms with Crippen molar-refractivity contribution in [2.45, 2.75) is 6.92 Å². The lowest BCUT2D eigenvalue weighted by molar-refractivity contribution is -0.104. The highest BCUT2D eigenvalue weighted by Crippen LogP contribution is 2.15. The molecule has 1 heterocycles. The van der Waals surface area contributed by atoms with Crippen LogP contribution in [0.4, 0.5) is 0 Å². The van der Waals surface area contributed by atoms with Gasteiger partial charge >= 0.3 is 0 Å². The Morgan fingerprint density at radius 2 is 2.30 bits per heavy atom. The summed E-state index contributed by atoms with van der Waals surface area (Å²) in [5.41, 5.74) is 0. The van der Waals surface area contributed by atoms with E-state index >= 15 is 0 Å². The van der Waals surface area contributed by atoms with Gasteiger partial charge < -0.3 is 0 Å². The molecular weight excluding hydrogens is 144 g/mol. The summed E-state index contributed by atoms with van der Waals surface area (Å²) in [5.74, 6) is 0. The van der Waals surface area contributed by atoms with Crippen LogP contribution in [0.25, 0.3) is 6.08 Å². The molecule has 1 aromatic rings. The van der Waals surface area contributed by atoms with E-state index < -0.39 is 0 Å². The summed E-state index contributed by atoms with van der Waals surface area (Å²) in [4.78, 5) is 12.3. The molecule has 0 aliphatic heterocycles. The number of rotatable bonds is 2. The van der Waals surface area contributed by atoms with Gasteiger partial charge in [-0.05, 0) is 31.2 Å². The third-order valence-corrected chi connectivity index (χ3v) is 2.07. The lowest BCUT2D eigenvalue weighted by atomic mass is 10.4. The molecule has 1 nitrogen and oxygen atoms in total. The van der Waals surface area contributed by atoms with Crippen molar-refractivity contribution in [2.75, 3.05) is 0 Å². The van der Waals surface area contributed by atoms with Crippen LogP contribution in [0.3, 0.4) is 0 Å². The number of carbonyl (C=O) groups excluding carboxylic acids is 1. The van der Waals surface area contributed by atoms with Crippen molar-refractivity contribution in [1.29, 1.82) is 0 Å². The summed E-state index contributed by atoms with van der Waals surface area (Å²) < 4.78 is 0. The molecule has 1 rings (SSSR count). The fourth-order valence-electron chi connectivity index (χ4n) is 0.677. The highest BCUT2D eigenvalue weighted by Gasteiger charge is 1.88. The Morgan fingerprint density at radius 1 is 1.50 bits per heavy atom. The minimum Gasteiger partial charge on any atom is -0.299 e. The van der Waals surface area contributed by atoms with Gasteiger partial charge in [0.25, 0.3) is 0 Å². The molecule has 0 fully saturated rings. The third kappa shape index (κ3) is 1.81. The molecule has 0 saturated heterocycles. The summed E-state index contributed by atoms with van der Waals surface area (Å²) in [6.07, 6.45) is 4.10. The number of hydrogen-bond acceptors (Lipinski definition) is 2. The largest absolute Gasteiger partial charge is 0.299 e. The first kappa shape index (κ1) is 7.22. The molecule has 0 bridgehead atoms. The fourth-order valence-corrected chi connectivity index (χ4v) is 1.47. The van der Waals surface area contributed by atoms with Gasteiger partial charge in [0.1, 0.15) is 6.29 Å². The zero-order valence-corrected chi connectivity index (χ0v) is 6.52. The predicted octanol–water partition coefficient (Wildman–Crippen LogP) is 2.27. The SMILES string of the molecule is Cc1ccc(C=CC=O)s1. The summed E-state index contributed by atoms with van der Waals surface area (Å²) >= 11 is 1.68. The second-order valence-corrected chi connectivity index (χ2v) is 3.26. The normalized spacial score (nSPS) is 10.5. The van der Waals surface area contributed by atoms with E-state index in [4.69, 9.17) is 0 Å². The monoisotopic (exact) mass is 152 g/mol. The van der Waals surface area contributed by atoms with Gasteiger partial charge in [0.15, 0.2) is 0 Å². The summed E-state index contributed by atoms with van der Waals surface area (Å²) in [5, 5.41) is 0. The van der Waals surface area contributed by atoms with Crippen molar-refractivity contribution < 1.29 is 4.79 Å². The van der Waals surface area contributed by atoms with E-state index in [1.165, 1.54) is 11.0 Å². The molecule has 0 atom stereocenters. The molecule has 0 spiro atoms. The minimum absolute atomic E-state index is 0.787. The Kier molecular flexibility index (Phi) is 2.40. The minimum atomic E-state index is 0.787. The molecule has 1 aromatic heterocycles. The van der Waals surface area contributed by atoms with Crippen molar-refractivity contribution in [3.63, 3.8) is 0 Å². The van der Waals surface area contributed by atoms with E-state index in [1.54, 1.807) is 11.3 Å². The summed E-state index contributed by atoms with van der Waals surface area (Å²) in [6, 6.07) is 4.04. The maximum Gasteiger partial charge on any atom is 0.142 e. The van der Waals surface area contributed by atoms with E-state index in [9.17, 15) is 4.79 Å². The lowest BCUT2D eigenvalue weighted by Crippen LogP contribution is -1.58. The average molecular weight is 152 g/mol. The van der Waals surface area contributed by atoms with Gasteiger partial charge in [-0.25, -0.2) is 0 Å². The van der Waals surface area contributed by atoms with Crippen LogP contribution in [0.2, 0.25) is 0 Å². The number of thiophene rings is 1. The number of aldehydes is 1. The smallest absolute Gasteiger partial charge is 0.142 e. The van der Waals surface area contributed by atoms with Crippen LogP contribution in [0.5, 0.6) is 0 Å². The summed E-state index contributed by atoms with van der Waals surface area (Å²) in [7, 11) is 0. The third-order valence-electron chi connectivity index (χ3n) is 1.10. The topological polar surface area (TPSA) is 17.1 Å². The van der Waals surface area contributed by atoms with Crippen molar-refractivity contribution >= 4 is 23.7 Å². The van der Waals surface area contributed by atoms with Gasteiger partial charge in [0.2, 0.25) is 0 Å². The van der Waals surface area contributed by atoms with Crippen molar-refractivity contribution in [3.05, 3.63) is 28.0 Å². The Balaban J connectivity index is 2.75. The molecule has 0 N–H and O–H groups in total. The van der Waals surface area contributed by atoms with E-state index in [-0.39, 0.29) is 0 Å². The molecule has 10 heavy (non-hydrogen) atoms. The fraction of sp³-hybridized carbons (Fsp3) is 0.125. The van der Waals surface area contributed by atoms with Crippen molar-refractivity contribution in [2.24, 2.45) is 0 Å². The zero-order chi connectivity index (χ0) is 7.40. The Labute approximate surface area is 64.0 Å². The molecule has 0 aliphatic carbocycles. The van der Waals surface area contributed by atoms with Gasteiger partial charge in [0.05, 0.1) is 0 Å². The Bertz CT molecular complexity index is 248. The van der Waals surface area contributed by atoms with E-state index in [1.807, 2.05) is 25.1 Å². The van der Waals surface area contributed by atoms with Gasteiger partial charge in [-0.2, -0.15) is 0 Å². The molecule has 0 amide bonds. The van der Waals surface area contributed by atoms with Crippen LogP contribution < -0.4 is 0 Å². The van der Waals surface area contributed by atoms with Crippen molar-refractivity contribution in [3.8, 4) is 0 Å². The second-order valence-electron chi connectivity index (χ2n) is 1.94. The average Bonchev–Trinajstić information content (AvgIpc) is 2.31. The highest BCUT2D eigenvalue weighted by molar-refractivity contribution is 7.12. The van der Waals surface area contributed by atoms with Crippen LogP contribution >= 0.6 is 11.3 Å². The first-order valence-electron chi connectivity index (χ1n) is 3.01. The summed E-state index contributed by atoms with van der Waals surface area (Å²) in [6.45, 7) is 2.04. The second kappa shape index (κ2) is 3.32. The molecule has 0 saturated carbocycles. The molecular formula is C8H8OS. The first-order valence-corrected chi connectivity index (χ1v) is 3.83. The van der Waals surface area contributed by atoms with Gasteiger partial charge in [-0.15, -0.1) is 11.3 Å². The maximum absolute atomic E-state index is 9.90. The van der Waals surface area contributed by atoms with Gasteiger partial charge in [-0.3, -0.25) is 4.79 Å². The van der Waals surface area contributed by atoms with Crippen LogP contribution in [-0.2, 0) is 4.79 Å². The molecule has 0 radical (unpaired) electrons. The van der Waals surface area contributed by atoms with Crippen LogP contribution in [-0.4, -0.2) is 6.29 Å². The molecule has 2 heteroatoms. The standard InChI is InChI=1S/C8H8OS/c1-7-4-5-8(10-7)3-2-6-9/h2-6H,1H3. The Morgan fingerprint density at radius 3 is 2.80 bits per heavy atom. The number of carbonyl (C=O) groups is 1. The van der Waals surface area contributed by atoms with E-state index in [2.05, 4.69) is 0 Å². The van der Waals surface area contributed by atoms with Crippen LogP contribution in [0.15, 0.2) is 18.2 Å². The number of allylic oxidation sites excluding steroid dienone is 1. The molecule has 0 unspecified atom stereocenters. The van der Waals surface area contributed by atoms with Gasteiger partial charge in [0, 0.05) is 9.75 Å². The lowest BCUT2D eigenvalue weighted by Gasteiger charge is -1.77. The van der Waals surface area contributed by atoms with E-state index in [0.29, 0.717) is 0 Å².